The summed E-state index contributed by atoms with van der Waals surface area (Å²) in [6, 6.07) is 14.1. The second-order valence-electron chi connectivity index (χ2n) is 4.85. The predicted molar refractivity (Wildman–Crippen MR) is 83.2 cm³/mol. The van der Waals surface area contributed by atoms with E-state index in [-0.39, 0.29) is 12.2 Å². The molecule has 1 N–H and O–H groups in total. The van der Waals surface area contributed by atoms with Crippen molar-refractivity contribution in [3.05, 3.63) is 65.2 Å². The first-order chi connectivity index (χ1) is 10.5. The summed E-state index contributed by atoms with van der Waals surface area (Å²) in [5, 5.41) is 9.13. The van der Waals surface area contributed by atoms with Crippen LogP contribution in [0.3, 0.4) is 0 Å². The Balaban J connectivity index is 2.11. The quantitative estimate of drug-likeness (QED) is 0.938. The number of carboxylic acids is 1. The predicted octanol–water partition coefficient (Wildman–Crippen LogP) is 3.47. The lowest BCUT2D eigenvalue weighted by Crippen LogP contribution is -2.28. The number of aromatic carboxylic acids is 1. The molecule has 0 spiro atoms. The van der Waals surface area contributed by atoms with E-state index in [0.717, 1.165) is 5.56 Å². The minimum absolute atomic E-state index is 0.167. The molecule has 0 aliphatic carbocycles. The van der Waals surface area contributed by atoms with Gasteiger partial charge in [-0.1, -0.05) is 36.4 Å². The molecule has 2 rings (SSSR count). The summed E-state index contributed by atoms with van der Waals surface area (Å²) in [5.74, 6) is -1.02. The third kappa shape index (κ3) is 3.44. The summed E-state index contributed by atoms with van der Waals surface area (Å²) in [6.07, 6.45) is -0.533. The van der Waals surface area contributed by atoms with Crippen LogP contribution in [0.25, 0.3) is 0 Å². The van der Waals surface area contributed by atoms with E-state index in [2.05, 4.69) is 0 Å². The van der Waals surface area contributed by atoms with Gasteiger partial charge in [0.15, 0.2) is 0 Å². The van der Waals surface area contributed by atoms with Gasteiger partial charge >= 0.3 is 12.1 Å². The van der Waals surface area contributed by atoms with Gasteiger partial charge in [0, 0.05) is 7.05 Å². The number of rotatable bonds is 4. The van der Waals surface area contributed by atoms with E-state index >= 15 is 0 Å². The normalized spacial score (nSPS) is 10.1. The van der Waals surface area contributed by atoms with Gasteiger partial charge in [0.05, 0.1) is 11.3 Å². The van der Waals surface area contributed by atoms with Crippen LogP contribution < -0.4 is 4.90 Å². The molecule has 0 radical (unpaired) electrons. The SMILES string of the molecule is Cc1c(C(=O)O)cccc1N(C)C(=O)OCc1ccccc1. The smallest absolute Gasteiger partial charge is 0.414 e. The van der Waals surface area contributed by atoms with E-state index in [1.54, 1.807) is 26.1 Å². The topological polar surface area (TPSA) is 66.8 Å². The maximum absolute atomic E-state index is 12.1. The number of nitrogens with zero attached hydrogens (tertiary/aromatic N) is 1. The molecule has 5 heteroatoms. The van der Waals surface area contributed by atoms with Crippen molar-refractivity contribution in [3.8, 4) is 0 Å². The summed E-state index contributed by atoms with van der Waals surface area (Å²) in [5.41, 5.74) is 2.09. The van der Waals surface area contributed by atoms with Crippen molar-refractivity contribution in [3.63, 3.8) is 0 Å². The van der Waals surface area contributed by atoms with Crippen molar-refractivity contribution < 1.29 is 19.4 Å². The van der Waals surface area contributed by atoms with Crippen LogP contribution in [0.1, 0.15) is 21.5 Å². The Morgan fingerprint density at radius 3 is 2.41 bits per heavy atom. The van der Waals surface area contributed by atoms with Crippen molar-refractivity contribution >= 4 is 17.7 Å². The number of hydrogen-bond acceptors (Lipinski definition) is 3. The standard InChI is InChI=1S/C17H17NO4/c1-12-14(16(19)20)9-6-10-15(12)18(2)17(21)22-11-13-7-4-3-5-8-13/h3-10H,11H2,1-2H3,(H,19,20). The van der Waals surface area contributed by atoms with Crippen LogP contribution in [0.2, 0.25) is 0 Å². The number of anilines is 1. The number of hydrogen-bond donors (Lipinski definition) is 1. The highest BCUT2D eigenvalue weighted by molar-refractivity contribution is 5.94. The fourth-order valence-corrected chi connectivity index (χ4v) is 2.13. The Labute approximate surface area is 128 Å². The largest absolute Gasteiger partial charge is 0.478 e. The number of carbonyl (C=O) groups excluding carboxylic acids is 1. The lowest BCUT2D eigenvalue weighted by atomic mass is 10.1. The first-order valence-electron chi connectivity index (χ1n) is 6.78. The van der Waals surface area contributed by atoms with Crippen molar-refractivity contribution in [2.45, 2.75) is 13.5 Å². The van der Waals surface area contributed by atoms with E-state index in [0.29, 0.717) is 11.3 Å². The van der Waals surface area contributed by atoms with E-state index in [1.165, 1.54) is 11.0 Å². The fourth-order valence-electron chi connectivity index (χ4n) is 2.13. The minimum Gasteiger partial charge on any atom is -0.478 e. The summed E-state index contributed by atoms with van der Waals surface area (Å²) in [7, 11) is 1.56. The van der Waals surface area contributed by atoms with Crippen LogP contribution in [0.5, 0.6) is 0 Å². The fraction of sp³-hybridized carbons (Fsp3) is 0.176. The van der Waals surface area contributed by atoms with E-state index in [1.807, 2.05) is 30.3 Å². The molecule has 0 bridgehead atoms. The summed E-state index contributed by atoms with van der Waals surface area (Å²) < 4.78 is 5.24. The molecule has 5 nitrogen and oxygen atoms in total. The molecule has 1 amide bonds. The average molecular weight is 299 g/mol. The molecule has 114 valence electrons. The first kappa shape index (κ1) is 15.6. The van der Waals surface area contributed by atoms with Crippen molar-refractivity contribution in [2.75, 3.05) is 11.9 Å². The Kier molecular flexibility index (Phi) is 4.78. The lowest BCUT2D eigenvalue weighted by Gasteiger charge is -2.20. The van der Waals surface area contributed by atoms with Gasteiger partial charge in [0.2, 0.25) is 0 Å². The maximum Gasteiger partial charge on any atom is 0.414 e. The molecular weight excluding hydrogens is 282 g/mol. The van der Waals surface area contributed by atoms with Crippen LogP contribution in [0.15, 0.2) is 48.5 Å². The molecule has 2 aromatic carbocycles. The van der Waals surface area contributed by atoms with Crippen molar-refractivity contribution in [1.82, 2.24) is 0 Å². The monoisotopic (exact) mass is 299 g/mol. The van der Waals surface area contributed by atoms with E-state index in [9.17, 15) is 9.59 Å². The van der Waals surface area contributed by atoms with Crippen LogP contribution in [-0.4, -0.2) is 24.2 Å². The highest BCUT2D eigenvalue weighted by Gasteiger charge is 2.18. The van der Waals surface area contributed by atoms with Crippen LogP contribution in [0.4, 0.5) is 10.5 Å². The highest BCUT2D eigenvalue weighted by Crippen LogP contribution is 2.23. The molecule has 0 fully saturated rings. The molecule has 0 aromatic heterocycles. The molecule has 0 heterocycles. The second-order valence-corrected chi connectivity index (χ2v) is 4.85. The lowest BCUT2D eigenvalue weighted by molar-refractivity contribution is 0.0696. The number of carbonyl (C=O) groups is 2. The van der Waals surface area contributed by atoms with E-state index < -0.39 is 12.1 Å². The van der Waals surface area contributed by atoms with Gasteiger partial charge in [-0.15, -0.1) is 0 Å². The first-order valence-corrected chi connectivity index (χ1v) is 6.78. The Morgan fingerprint density at radius 2 is 1.77 bits per heavy atom. The Hall–Kier alpha value is -2.82. The zero-order valence-electron chi connectivity index (χ0n) is 12.4. The maximum atomic E-state index is 12.1. The Morgan fingerprint density at radius 1 is 1.09 bits per heavy atom. The minimum atomic E-state index is -1.02. The van der Waals surface area contributed by atoms with Crippen molar-refractivity contribution in [2.24, 2.45) is 0 Å². The molecule has 2 aromatic rings. The van der Waals surface area contributed by atoms with Crippen LogP contribution in [-0.2, 0) is 11.3 Å². The molecule has 0 aliphatic heterocycles. The molecule has 0 saturated heterocycles. The van der Waals surface area contributed by atoms with E-state index in [4.69, 9.17) is 9.84 Å². The third-order valence-corrected chi connectivity index (χ3v) is 3.38. The van der Waals surface area contributed by atoms with Gasteiger partial charge in [0.25, 0.3) is 0 Å². The van der Waals surface area contributed by atoms with Gasteiger partial charge in [-0.3, -0.25) is 4.90 Å². The van der Waals surface area contributed by atoms with Crippen LogP contribution in [0, 0.1) is 6.92 Å². The molecule has 0 atom stereocenters. The third-order valence-electron chi connectivity index (χ3n) is 3.38. The number of carboxylic acid groups (broad SMARTS) is 1. The summed E-state index contributed by atoms with van der Waals surface area (Å²) >= 11 is 0. The number of ether oxygens (including phenoxy) is 1. The average Bonchev–Trinajstić information content (AvgIpc) is 2.53. The van der Waals surface area contributed by atoms with Gasteiger partial charge in [-0.25, -0.2) is 9.59 Å². The zero-order valence-corrected chi connectivity index (χ0v) is 12.4. The molecule has 0 unspecified atom stereocenters. The molecular formula is C17H17NO4. The number of benzene rings is 2. The molecule has 22 heavy (non-hydrogen) atoms. The Bertz CT molecular complexity index is 682. The summed E-state index contributed by atoms with van der Waals surface area (Å²) in [6.45, 7) is 1.83. The zero-order chi connectivity index (χ0) is 16.1. The number of amides is 1. The van der Waals surface area contributed by atoms with Gasteiger partial charge in [0.1, 0.15) is 6.61 Å². The van der Waals surface area contributed by atoms with Gasteiger partial charge < -0.3 is 9.84 Å². The van der Waals surface area contributed by atoms with Crippen molar-refractivity contribution in [1.29, 1.82) is 0 Å². The van der Waals surface area contributed by atoms with Crippen LogP contribution >= 0.6 is 0 Å². The second kappa shape index (κ2) is 6.76. The van der Waals surface area contributed by atoms with Gasteiger partial charge in [-0.2, -0.15) is 0 Å². The van der Waals surface area contributed by atoms with Gasteiger partial charge in [-0.05, 0) is 30.2 Å². The highest BCUT2D eigenvalue weighted by atomic mass is 16.6. The molecule has 0 aliphatic rings. The summed E-state index contributed by atoms with van der Waals surface area (Å²) in [4.78, 5) is 24.6. The molecule has 0 saturated carbocycles.